The fourth-order valence-corrected chi connectivity index (χ4v) is 5.08. The Morgan fingerprint density at radius 2 is 1.88 bits per heavy atom. The number of aryl methyl sites for hydroxylation is 2. The van der Waals surface area contributed by atoms with Crippen LogP contribution in [0.2, 0.25) is 0 Å². The molecular weight excluding hydrogens is 420 g/mol. The van der Waals surface area contributed by atoms with Crippen molar-refractivity contribution < 1.29 is 14.0 Å². The second kappa shape index (κ2) is 9.74. The van der Waals surface area contributed by atoms with Gasteiger partial charge in [-0.1, -0.05) is 31.0 Å². The number of carbonyl (C=O) groups is 2. The average molecular weight is 451 g/mol. The van der Waals surface area contributed by atoms with Crippen molar-refractivity contribution in [3.05, 3.63) is 75.4 Å². The van der Waals surface area contributed by atoms with Gasteiger partial charge in [-0.25, -0.2) is 0 Å². The van der Waals surface area contributed by atoms with Crippen molar-refractivity contribution >= 4 is 28.8 Å². The number of thiophene rings is 1. The molecule has 1 fully saturated rings. The number of hydrogen-bond acceptors (Lipinski definition) is 4. The van der Waals surface area contributed by atoms with E-state index in [0.717, 1.165) is 47.4 Å². The Kier molecular flexibility index (Phi) is 6.80. The maximum absolute atomic E-state index is 13.7. The zero-order valence-electron chi connectivity index (χ0n) is 18.9. The molecule has 0 unspecified atom stereocenters. The molecule has 2 amide bonds. The van der Waals surface area contributed by atoms with Crippen LogP contribution in [-0.2, 0) is 16.0 Å². The van der Waals surface area contributed by atoms with Crippen molar-refractivity contribution in [3.8, 4) is 0 Å². The van der Waals surface area contributed by atoms with Gasteiger partial charge in [-0.3, -0.25) is 14.5 Å². The van der Waals surface area contributed by atoms with Gasteiger partial charge in [-0.05, 0) is 74.4 Å². The van der Waals surface area contributed by atoms with Crippen LogP contribution in [0.15, 0.2) is 52.3 Å². The normalized spacial score (nSPS) is 15.0. The highest BCUT2D eigenvalue weighted by Crippen LogP contribution is 2.34. The monoisotopic (exact) mass is 450 g/mol. The molecule has 3 aromatic rings. The van der Waals surface area contributed by atoms with Gasteiger partial charge in [0.15, 0.2) is 6.04 Å². The van der Waals surface area contributed by atoms with Crippen LogP contribution in [0, 0.1) is 20.8 Å². The molecule has 1 N–H and O–H groups in total. The van der Waals surface area contributed by atoms with Crippen LogP contribution in [0.4, 0.5) is 5.69 Å². The van der Waals surface area contributed by atoms with Crippen LogP contribution in [0.1, 0.15) is 59.2 Å². The first-order valence-corrected chi connectivity index (χ1v) is 12.1. The van der Waals surface area contributed by atoms with Crippen LogP contribution < -0.4 is 10.2 Å². The molecule has 0 radical (unpaired) electrons. The van der Waals surface area contributed by atoms with Crippen LogP contribution in [0.5, 0.6) is 0 Å². The molecule has 0 bridgehead atoms. The summed E-state index contributed by atoms with van der Waals surface area (Å²) >= 11 is 1.55. The maximum Gasteiger partial charge on any atom is 0.251 e. The van der Waals surface area contributed by atoms with Crippen molar-refractivity contribution in [1.29, 1.82) is 0 Å². The second-order valence-corrected chi connectivity index (χ2v) is 9.61. The Hall–Kier alpha value is -2.86. The first kappa shape index (κ1) is 22.3. The standard InChI is InChI=1S/C26H30N2O3S/c1-17-8-6-12-22(19(17)3)28(24(29)16-21-11-7-15-32-21)25(23-14-13-18(2)31-23)26(30)27-20-9-4-5-10-20/h6-8,11-15,20,25H,4-5,9-10,16H2,1-3H3,(H,27,30)/t25-/m0/s1. The van der Waals surface area contributed by atoms with E-state index in [0.29, 0.717) is 11.5 Å². The summed E-state index contributed by atoms with van der Waals surface area (Å²) in [6.45, 7) is 5.87. The third-order valence-corrected chi connectivity index (χ3v) is 7.12. The van der Waals surface area contributed by atoms with Crippen LogP contribution in [0.25, 0.3) is 0 Å². The smallest absolute Gasteiger partial charge is 0.251 e. The molecule has 5 nitrogen and oxygen atoms in total. The topological polar surface area (TPSA) is 62.6 Å². The Morgan fingerprint density at radius 1 is 1.09 bits per heavy atom. The number of carbonyl (C=O) groups excluding carboxylic acids is 2. The van der Waals surface area contributed by atoms with Gasteiger partial charge in [0.2, 0.25) is 5.91 Å². The van der Waals surface area contributed by atoms with Gasteiger partial charge in [0.25, 0.3) is 5.91 Å². The van der Waals surface area contributed by atoms with E-state index in [4.69, 9.17) is 4.42 Å². The molecule has 1 saturated carbocycles. The van der Waals surface area contributed by atoms with Crippen LogP contribution in [0.3, 0.4) is 0 Å². The lowest BCUT2D eigenvalue weighted by molar-refractivity contribution is -0.127. The first-order valence-electron chi connectivity index (χ1n) is 11.2. The predicted octanol–water partition coefficient (Wildman–Crippen LogP) is 5.64. The minimum Gasteiger partial charge on any atom is -0.464 e. The number of amides is 2. The van der Waals surface area contributed by atoms with Gasteiger partial charge in [0.05, 0.1) is 6.42 Å². The van der Waals surface area contributed by atoms with Gasteiger partial charge >= 0.3 is 0 Å². The summed E-state index contributed by atoms with van der Waals surface area (Å²) in [7, 11) is 0. The predicted molar refractivity (Wildman–Crippen MR) is 128 cm³/mol. The molecule has 1 aromatic carbocycles. The van der Waals surface area contributed by atoms with E-state index in [9.17, 15) is 9.59 Å². The third-order valence-electron chi connectivity index (χ3n) is 6.25. The van der Waals surface area contributed by atoms with E-state index < -0.39 is 6.04 Å². The van der Waals surface area contributed by atoms with Crippen LogP contribution >= 0.6 is 11.3 Å². The molecule has 6 heteroatoms. The number of furan rings is 1. The van der Waals surface area contributed by atoms with E-state index in [-0.39, 0.29) is 24.3 Å². The number of anilines is 1. The molecule has 1 atom stereocenters. The Morgan fingerprint density at radius 3 is 2.53 bits per heavy atom. The van der Waals surface area contributed by atoms with Crippen molar-refractivity contribution in [3.63, 3.8) is 0 Å². The average Bonchev–Trinajstić information content (AvgIpc) is 3.52. The molecule has 1 aliphatic rings. The number of nitrogens with zero attached hydrogens (tertiary/aromatic N) is 1. The molecular formula is C26H30N2O3S. The van der Waals surface area contributed by atoms with Crippen molar-refractivity contribution in [2.75, 3.05) is 4.90 Å². The highest BCUT2D eigenvalue weighted by Gasteiger charge is 2.37. The maximum atomic E-state index is 13.7. The van der Waals surface area contributed by atoms with Gasteiger partial charge in [0.1, 0.15) is 11.5 Å². The molecule has 168 valence electrons. The molecule has 32 heavy (non-hydrogen) atoms. The van der Waals surface area contributed by atoms with E-state index in [2.05, 4.69) is 5.32 Å². The minimum atomic E-state index is -0.864. The number of rotatable bonds is 7. The van der Waals surface area contributed by atoms with E-state index >= 15 is 0 Å². The Bertz CT molecular complexity index is 1080. The summed E-state index contributed by atoms with van der Waals surface area (Å²) in [4.78, 5) is 30.0. The third kappa shape index (κ3) is 4.80. The molecule has 2 aromatic heterocycles. The highest BCUT2D eigenvalue weighted by molar-refractivity contribution is 7.10. The summed E-state index contributed by atoms with van der Waals surface area (Å²) < 4.78 is 5.94. The van der Waals surface area contributed by atoms with E-state index in [1.807, 2.05) is 68.6 Å². The first-order chi connectivity index (χ1) is 15.4. The van der Waals surface area contributed by atoms with E-state index in [1.165, 1.54) is 0 Å². The number of nitrogens with one attached hydrogen (secondary N) is 1. The lowest BCUT2D eigenvalue weighted by Crippen LogP contribution is -2.47. The largest absolute Gasteiger partial charge is 0.464 e. The molecule has 0 aliphatic heterocycles. The zero-order chi connectivity index (χ0) is 22.7. The second-order valence-electron chi connectivity index (χ2n) is 8.58. The minimum absolute atomic E-state index is 0.123. The molecule has 1 aliphatic carbocycles. The molecule has 0 saturated heterocycles. The van der Waals surface area contributed by atoms with Gasteiger partial charge in [-0.15, -0.1) is 11.3 Å². The van der Waals surface area contributed by atoms with Crippen molar-refractivity contribution in [2.24, 2.45) is 0 Å². The molecule has 4 rings (SSSR count). The Labute approximate surface area is 193 Å². The number of hydrogen-bond donors (Lipinski definition) is 1. The van der Waals surface area contributed by atoms with Crippen molar-refractivity contribution in [1.82, 2.24) is 5.32 Å². The van der Waals surface area contributed by atoms with E-state index in [1.54, 1.807) is 16.2 Å². The molecule has 0 spiro atoms. The Balaban J connectivity index is 1.78. The SMILES string of the molecule is Cc1ccc([C@@H](C(=O)NC2CCCC2)N(C(=O)Cc2cccs2)c2cccc(C)c2C)o1. The summed E-state index contributed by atoms with van der Waals surface area (Å²) in [5, 5.41) is 5.16. The van der Waals surface area contributed by atoms with Gasteiger partial charge < -0.3 is 9.73 Å². The fourth-order valence-electron chi connectivity index (χ4n) is 4.39. The summed E-state index contributed by atoms with van der Waals surface area (Å²) in [5.74, 6) is 0.886. The lowest BCUT2D eigenvalue weighted by Gasteiger charge is -2.32. The summed E-state index contributed by atoms with van der Waals surface area (Å²) in [5.41, 5.74) is 2.79. The number of benzene rings is 1. The quantitative estimate of drug-likeness (QED) is 0.506. The molecule has 2 heterocycles. The lowest BCUT2D eigenvalue weighted by atomic mass is 10.0. The van der Waals surface area contributed by atoms with Gasteiger partial charge in [-0.2, -0.15) is 0 Å². The van der Waals surface area contributed by atoms with Crippen LogP contribution in [-0.4, -0.2) is 17.9 Å². The summed E-state index contributed by atoms with van der Waals surface area (Å²) in [6.07, 6.45) is 4.42. The zero-order valence-corrected chi connectivity index (χ0v) is 19.7. The van der Waals surface area contributed by atoms with Gasteiger partial charge in [0, 0.05) is 16.6 Å². The van der Waals surface area contributed by atoms with Crippen molar-refractivity contribution in [2.45, 2.75) is 65.0 Å². The summed E-state index contributed by atoms with van der Waals surface area (Å²) in [6, 6.07) is 12.7. The highest BCUT2D eigenvalue weighted by atomic mass is 32.1. The fraction of sp³-hybridized carbons (Fsp3) is 0.385.